The van der Waals surface area contributed by atoms with Gasteiger partial charge in [0.05, 0.1) is 0 Å². The monoisotopic (exact) mass is 299 g/mol. The van der Waals surface area contributed by atoms with Gasteiger partial charge in [0.2, 0.25) is 0 Å². The zero-order valence-electron chi connectivity index (χ0n) is 12.8. The van der Waals surface area contributed by atoms with Crippen molar-refractivity contribution in [2.24, 2.45) is 0 Å². The Balaban J connectivity index is 1.78. The zero-order chi connectivity index (χ0) is 15.6. The average Bonchev–Trinajstić information content (AvgIpc) is 2.47. The second kappa shape index (κ2) is 5.93. The molecule has 116 valence electrons. The number of rotatable bonds is 3. The van der Waals surface area contributed by atoms with Crippen LogP contribution in [0.25, 0.3) is 0 Å². The van der Waals surface area contributed by atoms with E-state index in [4.69, 9.17) is 0 Å². The molecule has 2 aromatic rings. The molecule has 1 fully saturated rings. The Labute approximate surface area is 129 Å². The summed E-state index contributed by atoms with van der Waals surface area (Å²) < 4.78 is 0. The Morgan fingerprint density at radius 2 is 1.95 bits per heavy atom. The van der Waals surface area contributed by atoms with Gasteiger partial charge in [-0.3, -0.25) is 14.7 Å². The fourth-order valence-corrected chi connectivity index (χ4v) is 3.40. The summed E-state index contributed by atoms with van der Waals surface area (Å²) in [5, 5.41) is 0. The van der Waals surface area contributed by atoms with Gasteiger partial charge in [0, 0.05) is 30.3 Å². The summed E-state index contributed by atoms with van der Waals surface area (Å²) in [7, 11) is 0. The largest absolute Gasteiger partial charge is 0.325 e. The molecule has 0 unspecified atom stereocenters. The number of hydrogen-bond acceptors (Lipinski definition) is 3. The van der Waals surface area contributed by atoms with E-state index in [2.05, 4.69) is 46.1 Å². The van der Waals surface area contributed by atoms with Crippen LogP contribution in [0.2, 0.25) is 0 Å². The number of likely N-dealkylation sites (tertiary alicyclic amines) is 1. The zero-order valence-corrected chi connectivity index (χ0v) is 12.8. The number of H-pyrrole nitrogens is 2. The van der Waals surface area contributed by atoms with Gasteiger partial charge in [-0.1, -0.05) is 37.3 Å². The van der Waals surface area contributed by atoms with Gasteiger partial charge in [0.15, 0.2) is 0 Å². The van der Waals surface area contributed by atoms with Crippen molar-refractivity contribution >= 4 is 0 Å². The van der Waals surface area contributed by atoms with E-state index < -0.39 is 5.69 Å². The van der Waals surface area contributed by atoms with Crippen LogP contribution in [0.1, 0.15) is 31.0 Å². The first-order chi connectivity index (χ1) is 10.5. The number of aromatic nitrogens is 2. The van der Waals surface area contributed by atoms with Crippen molar-refractivity contribution in [3.8, 4) is 0 Å². The van der Waals surface area contributed by atoms with Gasteiger partial charge < -0.3 is 4.98 Å². The fraction of sp³-hybridized carbons (Fsp3) is 0.412. The molecule has 0 bridgehead atoms. The molecule has 0 spiro atoms. The molecule has 2 heterocycles. The number of nitrogens with zero attached hydrogens (tertiary/aromatic N) is 1. The topological polar surface area (TPSA) is 69.0 Å². The summed E-state index contributed by atoms with van der Waals surface area (Å²) >= 11 is 0. The third-order valence-electron chi connectivity index (χ3n) is 4.46. The Morgan fingerprint density at radius 1 is 1.18 bits per heavy atom. The molecule has 1 aliphatic heterocycles. The minimum Gasteiger partial charge on any atom is -0.310 e. The first kappa shape index (κ1) is 14.8. The third-order valence-corrected chi connectivity index (χ3v) is 4.46. The van der Waals surface area contributed by atoms with Crippen LogP contribution in [0.4, 0.5) is 0 Å². The third kappa shape index (κ3) is 3.20. The number of benzene rings is 1. The summed E-state index contributed by atoms with van der Waals surface area (Å²) in [5.74, 6) is 0. The lowest BCUT2D eigenvalue weighted by molar-refractivity contribution is 0.148. The maximum absolute atomic E-state index is 11.4. The van der Waals surface area contributed by atoms with Crippen LogP contribution in [0, 0.1) is 0 Å². The molecule has 0 saturated carbocycles. The standard InChI is InChI=1S/C17H21N3O2/c1-17(13-6-3-2-4-7-13)8-5-9-20(12-17)11-14-10-15(21)19-16(22)18-14/h2-4,6-7,10H,5,8-9,11-12H2,1H3,(H2,18,19,21,22)/t17-/m1/s1. The lowest BCUT2D eigenvalue weighted by Crippen LogP contribution is -2.44. The first-order valence-corrected chi connectivity index (χ1v) is 7.66. The van der Waals surface area contributed by atoms with Crippen molar-refractivity contribution in [2.75, 3.05) is 13.1 Å². The predicted molar refractivity (Wildman–Crippen MR) is 86.0 cm³/mol. The maximum atomic E-state index is 11.4. The van der Waals surface area contributed by atoms with Crippen LogP contribution in [-0.2, 0) is 12.0 Å². The number of nitrogens with one attached hydrogen (secondary N) is 2. The van der Waals surface area contributed by atoms with E-state index in [1.54, 1.807) is 0 Å². The summed E-state index contributed by atoms with van der Waals surface area (Å²) in [4.78, 5) is 30.0. The highest BCUT2D eigenvalue weighted by Crippen LogP contribution is 2.33. The molecular weight excluding hydrogens is 278 g/mol. The molecule has 1 aromatic heterocycles. The number of aromatic amines is 2. The van der Waals surface area contributed by atoms with Crippen molar-refractivity contribution in [2.45, 2.75) is 31.7 Å². The predicted octanol–water partition coefficient (Wildman–Crippen LogP) is 1.62. The van der Waals surface area contributed by atoms with Gasteiger partial charge in [0.1, 0.15) is 0 Å². The van der Waals surface area contributed by atoms with E-state index in [-0.39, 0.29) is 11.0 Å². The Bertz CT molecular complexity index is 722. The van der Waals surface area contributed by atoms with Crippen LogP contribution < -0.4 is 11.2 Å². The molecule has 0 aliphatic carbocycles. The fourth-order valence-electron chi connectivity index (χ4n) is 3.40. The molecule has 1 aromatic carbocycles. The Hall–Kier alpha value is -2.14. The van der Waals surface area contributed by atoms with Crippen molar-refractivity contribution in [1.29, 1.82) is 0 Å². The van der Waals surface area contributed by atoms with Gasteiger partial charge in [-0.05, 0) is 24.9 Å². The first-order valence-electron chi connectivity index (χ1n) is 7.66. The summed E-state index contributed by atoms with van der Waals surface area (Å²) in [5.41, 5.74) is 1.35. The lowest BCUT2D eigenvalue weighted by atomic mass is 9.76. The molecule has 1 atom stereocenters. The molecular formula is C17H21N3O2. The van der Waals surface area contributed by atoms with Gasteiger partial charge >= 0.3 is 5.69 Å². The summed E-state index contributed by atoms with van der Waals surface area (Å²) in [6.45, 7) is 4.79. The van der Waals surface area contributed by atoms with E-state index in [1.807, 2.05) is 6.07 Å². The van der Waals surface area contributed by atoms with Crippen molar-refractivity contribution in [3.05, 3.63) is 68.5 Å². The second-order valence-electron chi connectivity index (χ2n) is 6.35. The molecule has 1 saturated heterocycles. The van der Waals surface area contributed by atoms with Gasteiger partial charge in [-0.15, -0.1) is 0 Å². The highest BCUT2D eigenvalue weighted by Gasteiger charge is 2.32. The van der Waals surface area contributed by atoms with Crippen molar-refractivity contribution in [3.63, 3.8) is 0 Å². The van der Waals surface area contributed by atoms with Crippen molar-refractivity contribution in [1.82, 2.24) is 14.9 Å². The molecule has 5 heteroatoms. The van der Waals surface area contributed by atoms with E-state index in [0.717, 1.165) is 25.9 Å². The van der Waals surface area contributed by atoms with E-state index >= 15 is 0 Å². The average molecular weight is 299 g/mol. The van der Waals surface area contributed by atoms with Gasteiger partial charge in [-0.25, -0.2) is 4.79 Å². The quantitative estimate of drug-likeness (QED) is 0.905. The van der Waals surface area contributed by atoms with Crippen LogP contribution >= 0.6 is 0 Å². The van der Waals surface area contributed by atoms with Crippen LogP contribution in [0.5, 0.6) is 0 Å². The minimum absolute atomic E-state index is 0.112. The molecule has 22 heavy (non-hydrogen) atoms. The molecule has 0 radical (unpaired) electrons. The number of hydrogen-bond donors (Lipinski definition) is 2. The number of piperidine rings is 1. The van der Waals surface area contributed by atoms with Crippen LogP contribution in [0.3, 0.4) is 0 Å². The van der Waals surface area contributed by atoms with Gasteiger partial charge in [-0.2, -0.15) is 0 Å². The molecule has 5 nitrogen and oxygen atoms in total. The minimum atomic E-state index is -0.440. The lowest BCUT2D eigenvalue weighted by Gasteiger charge is -2.41. The molecule has 0 amide bonds. The van der Waals surface area contributed by atoms with E-state index in [1.165, 1.54) is 11.6 Å². The highest BCUT2D eigenvalue weighted by atomic mass is 16.2. The second-order valence-corrected chi connectivity index (χ2v) is 6.35. The highest BCUT2D eigenvalue weighted by molar-refractivity contribution is 5.25. The van der Waals surface area contributed by atoms with Crippen LogP contribution in [0.15, 0.2) is 46.0 Å². The summed E-state index contributed by atoms with van der Waals surface area (Å²) in [6, 6.07) is 12.0. The molecule has 3 rings (SSSR count). The maximum Gasteiger partial charge on any atom is 0.325 e. The van der Waals surface area contributed by atoms with Gasteiger partial charge in [0.25, 0.3) is 5.56 Å². The van der Waals surface area contributed by atoms with E-state index in [9.17, 15) is 9.59 Å². The Kier molecular flexibility index (Phi) is 3.98. The van der Waals surface area contributed by atoms with Crippen molar-refractivity contribution < 1.29 is 0 Å². The Morgan fingerprint density at radius 3 is 2.68 bits per heavy atom. The van der Waals surface area contributed by atoms with E-state index in [0.29, 0.717) is 12.2 Å². The smallest absolute Gasteiger partial charge is 0.310 e. The molecule has 1 aliphatic rings. The normalized spacial score (nSPS) is 22.6. The molecule has 2 N–H and O–H groups in total. The van der Waals surface area contributed by atoms with Crippen LogP contribution in [-0.4, -0.2) is 28.0 Å². The summed E-state index contributed by atoms with van der Waals surface area (Å²) in [6.07, 6.45) is 2.26. The SMILES string of the molecule is C[C@@]1(c2ccccc2)CCCN(Cc2cc(=O)[nH]c(=O)[nH]2)C1.